The maximum absolute atomic E-state index is 13.1. The van der Waals surface area contributed by atoms with Gasteiger partial charge in [-0.05, 0) is 17.5 Å². The van der Waals surface area contributed by atoms with Crippen LogP contribution in [-0.4, -0.2) is 23.2 Å². The van der Waals surface area contributed by atoms with E-state index < -0.39 is 10.7 Å². The smallest absolute Gasteiger partial charge is 0.272 e. The summed E-state index contributed by atoms with van der Waals surface area (Å²) in [5, 5.41) is 22.3. The summed E-state index contributed by atoms with van der Waals surface area (Å²) in [6.07, 6.45) is 0. The summed E-state index contributed by atoms with van der Waals surface area (Å²) in [4.78, 5) is 9.90. The minimum atomic E-state index is -0.622. The number of rotatable bonds is 6. The van der Waals surface area contributed by atoms with E-state index in [0.717, 1.165) is 6.07 Å². The van der Waals surface area contributed by atoms with Crippen LogP contribution in [0.15, 0.2) is 18.2 Å². The molecule has 0 fully saturated rings. The lowest BCUT2D eigenvalue weighted by Crippen LogP contribution is -2.22. The van der Waals surface area contributed by atoms with Crippen molar-refractivity contribution >= 4 is 5.69 Å². The van der Waals surface area contributed by atoms with E-state index in [1.807, 2.05) is 6.92 Å². The number of hydrogen-bond donors (Lipinski definition) is 2. The van der Waals surface area contributed by atoms with Gasteiger partial charge in [0.15, 0.2) is 0 Å². The van der Waals surface area contributed by atoms with Crippen molar-refractivity contribution in [3.05, 3.63) is 39.7 Å². The number of halogens is 1. The van der Waals surface area contributed by atoms with Crippen molar-refractivity contribution in [1.82, 2.24) is 5.32 Å². The van der Waals surface area contributed by atoms with Gasteiger partial charge in [0.25, 0.3) is 5.69 Å². The highest BCUT2D eigenvalue weighted by atomic mass is 19.1. The number of nitrogens with one attached hydrogen (secondary N) is 1. The molecular formula is C11H15FN2O3. The summed E-state index contributed by atoms with van der Waals surface area (Å²) in [5.74, 6) is -0.523. The lowest BCUT2D eigenvalue weighted by molar-refractivity contribution is -0.385. The average Bonchev–Trinajstić information content (AvgIpc) is 2.28. The van der Waals surface area contributed by atoms with Gasteiger partial charge in [-0.25, -0.2) is 4.39 Å². The van der Waals surface area contributed by atoms with Gasteiger partial charge in [-0.3, -0.25) is 10.1 Å². The number of benzene rings is 1. The molecule has 1 atom stereocenters. The van der Waals surface area contributed by atoms with Crippen molar-refractivity contribution in [1.29, 1.82) is 0 Å². The lowest BCUT2D eigenvalue weighted by atomic mass is 10.1. The minimum Gasteiger partial charge on any atom is -0.396 e. The predicted octanol–water partition coefficient (Wildman–Crippen LogP) is 1.45. The summed E-state index contributed by atoms with van der Waals surface area (Å²) in [6.45, 7) is 2.83. The van der Waals surface area contributed by atoms with Gasteiger partial charge in [0.1, 0.15) is 5.82 Å². The van der Waals surface area contributed by atoms with Gasteiger partial charge >= 0.3 is 0 Å². The molecule has 0 aromatic heterocycles. The van der Waals surface area contributed by atoms with Crippen LogP contribution in [-0.2, 0) is 6.54 Å². The second kappa shape index (κ2) is 6.27. The van der Waals surface area contributed by atoms with Crippen LogP contribution in [0.4, 0.5) is 10.1 Å². The molecule has 0 saturated carbocycles. The summed E-state index contributed by atoms with van der Waals surface area (Å²) in [6, 6.07) is 3.48. The quantitative estimate of drug-likeness (QED) is 0.585. The zero-order valence-electron chi connectivity index (χ0n) is 9.52. The molecule has 0 spiro atoms. The van der Waals surface area contributed by atoms with Crippen molar-refractivity contribution in [2.24, 2.45) is 5.92 Å². The van der Waals surface area contributed by atoms with E-state index >= 15 is 0 Å². The number of aliphatic hydroxyl groups is 1. The molecule has 0 heterocycles. The maximum atomic E-state index is 13.1. The van der Waals surface area contributed by atoms with Gasteiger partial charge in [0, 0.05) is 25.8 Å². The third kappa shape index (κ3) is 4.46. The molecule has 0 aliphatic carbocycles. The minimum absolute atomic E-state index is 0.0658. The highest BCUT2D eigenvalue weighted by molar-refractivity contribution is 5.35. The maximum Gasteiger partial charge on any atom is 0.272 e. The standard InChI is InChI=1S/C11H15FN2O3/c1-8(7-15)5-13-6-9-2-10(12)4-11(3-9)14(16)17/h2-4,8,13,15H,5-7H2,1H3. The first-order chi connectivity index (χ1) is 8.02. The zero-order chi connectivity index (χ0) is 12.8. The molecule has 0 saturated heterocycles. The first-order valence-corrected chi connectivity index (χ1v) is 5.28. The first kappa shape index (κ1) is 13.5. The Morgan fingerprint density at radius 1 is 1.53 bits per heavy atom. The van der Waals surface area contributed by atoms with Crippen molar-refractivity contribution in [2.75, 3.05) is 13.2 Å². The van der Waals surface area contributed by atoms with E-state index in [9.17, 15) is 14.5 Å². The Hall–Kier alpha value is -1.53. The fourth-order valence-corrected chi connectivity index (χ4v) is 1.37. The Labute approximate surface area is 98.4 Å². The number of nitrogens with zero attached hydrogens (tertiary/aromatic N) is 1. The number of aliphatic hydroxyl groups excluding tert-OH is 1. The SMILES string of the molecule is CC(CO)CNCc1cc(F)cc([N+](=O)[O-])c1. The topological polar surface area (TPSA) is 75.4 Å². The van der Waals surface area contributed by atoms with E-state index in [2.05, 4.69) is 5.32 Å². The van der Waals surface area contributed by atoms with Crippen LogP contribution in [0, 0.1) is 21.8 Å². The van der Waals surface area contributed by atoms with Crippen LogP contribution in [0.1, 0.15) is 12.5 Å². The van der Waals surface area contributed by atoms with E-state index in [1.165, 1.54) is 12.1 Å². The highest BCUT2D eigenvalue weighted by Crippen LogP contribution is 2.16. The van der Waals surface area contributed by atoms with Crippen LogP contribution in [0.2, 0.25) is 0 Å². The molecule has 0 radical (unpaired) electrons. The lowest BCUT2D eigenvalue weighted by Gasteiger charge is -2.09. The fraction of sp³-hybridized carbons (Fsp3) is 0.455. The van der Waals surface area contributed by atoms with Crippen molar-refractivity contribution in [2.45, 2.75) is 13.5 Å². The molecule has 0 aliphatic rings. The molecule has 5 nitrogen and oxygen atoms in total. The number of hydrogen-bond acceptors (Lipinski definition) is 4. The van der Waals surface area contributed by atoms with Crippen LogP contribution in [0.25, 0.3) is 0 Å². The first-order valence-electron chi connectivity index (χ1n) is 5.28. The normalized spacial score (nSPS) is 12.4. The predicted molar refractivity (Wildman–Crippen MR) is 61.0 cm³/mol. The highest BCUT2D eigenvalue weighted by Gasteiger charge is 2.09. The molecule has 1 rings (SSSR count). The third-order valence-electron chi connectivity index (χ3n) is 2.29. The van der Waals surface area contributed by atoms with E-state index in [0.29, 0.717) is 18.7 Å². The molecule has 0 aliphatic heterocycles. The Kier molecular flexibility index (Phi) is 4.99. The molecule has 0 bridgehead atoms. The monoisotopic (exact) mass is 242 g/mol. The largest absolute Gasteiger partial charge is 0.396 e. The van der Waals surface area contributed by atoms with Crippen LogP contribution < -0.4 is 5.32 Å². The average molecular weight is 242 g/mol. The summed E-state index contributed by atoms with van der Waals surface area (Å²) >= 11 is 0. The number of nitro benzene ring substituents is 1. The molecule has 1 unspecified atom stereocenters. The Balaban J connectivity index is 2.62. The Morgan fingerprint density at radius 3 is 2.82 bits per heavy atom. The zero-order valence-corrected chi connectivity index (χ0v) is 9.52. The second-order valence-electron chi connectivity index (χ2n) is 3.99. The molecular weight excluding hydrogens is 227 g/mol. The molecule has 1 aromatic carbocycles. The van der Waals surface area contributed by atoms with Crippen LogP contribution in [0.5, 0.6) is 0 Å². The fourth-order valence-electron chi connectivity index (χ4n) is 1.37. The number of non-ortho nitro benzene ring substituents is 1. The van der Waals surface area contributed by atoms with Gasteiger partial charge < -0.3 is 10.4 Å². The van der Waals surface area contributed by atoms with Gasteiger partial charge in [0.05, 0.1) is 11.0 Å². The molecule has 1 aromatic rings. The van der Waals surface area contributed by atoms with Gasteiger partial charge in [0.2, 0.25) is 0 Å². The molecule has 2 N–H and O–H groups in total. The van der Waals surface area contributed by atoms with Crippen LogP contribution in [0.3, 0.4) is 0 Å². The van der Waals surface area contributed by atoms with Crippen LogP contribution >= 0.6 is 0 Å². The Morgan fingerprint density at radius 2 is 2.24 bits per heavy atom. The summed E-state index contributed by atoms with van der Waals surface area (Å²) in [7, 11) is 0. The van der Waals surface area contributed by atoms with Crippen molar-refractivity contribution in [3.8, 4) is 0 Å². The van der Waals surface area contributed by atoms with E-state index in [4.69, 9.17) is 5.11 Å². The summed E-state index contributed by atoms with van der Waals surface area (Å²) < 4.78 is 13.1. The second-order valence-corrected chi connectivity index (χ2v) is 3.99. The van der Waals surface area contributed by atoms with Gasteiger partial charge in [-0.2, -0.15) is 0 Å². The van der Waals surface area contributed by atoms with Crippen molar-refractivity contribution < 1.29 is 14.4 Å². The third-order valence-corrected chi connectivity index (χ3v) is 2.29. The summed E-state index contributed by atoms with van der Waals surface area (Å²) in [5.41, 5.74) is 0.263. The van der Waals surface area contributed by atoms with E-state index in [-0.39, 0.29) is 18.2 Å². The molecule has 6 heteroatoms. The molecule has 94 valence electrons. The van der Waals surface area contributed by atoms with E-state index in [1.54, 1.807) is 0 Å². The van der Waals surface area contributed by atoms with Gasteiger partial charge in [-0.15, -0.1) is 0 Å². The van der Waals surface area contributed by atoms with Gasteiger partial charge in [-0.1, -0.05) is 6.92 Å². The molecule has 17 heavy (non-hydrogen) atoms. The number of nitro groups is 1. The molecule has 0 amide bonds. The Bertz CT molecular complexity index is 398. The van der Waals surface area contributed by atoms with Crippen molar-refractivity contribution in [3.63, 3.8) is 0 Å².